The molecule has 1 nitrogen and oxygen atoms in total. The summed E-state index contributed by atoms with van der Waals surface area (Å²) >= 11 is 2.03. The quantitative estimate of drug-likeness (QED) is 0.817. The monoisotopic (exact) mass is 207 g/mol. The van der Waals surface area contributed by atoms with Gasteiger partial charge in [0.25, 0.3) is 0 Å². The van der Waals surface area contributed by atoms with E-state index in [1.54, 1.807) is 0 Å². The molecule has 1 N–H and O–H groups in total. The van der Waals surface area contributed by atoms with Gasteiger partial charge in [-0.2, -0.15) is 11.8 Å². The van der Waals surface area contributed by atoms with Gasteiger partial charge in [0.1, 0.15) is 0 Å². The second kappa shape index (κ2) is 4.37. The highest BCUT2D eigenvalue weighted by atomic mass is 32.2. The molecule has 1 fully saturated rings. The lowest BCUT2D eigenvalue weighted by molar-refractivity contribution is 0.580. The summed E-state index contributed by atoms with van der Waals surface area (Å²) in [6.07, 6.45) is 0. The Hall–Kier alpha value is -0.470. The van der Waals surface area contributed by atoms with Crippen LogP contribution in [0.3, 0.4) is 0 Å². The molecule has 1 aromatic carbocycles. The maximum Gasteiger partial charge on any atom is 0.0252 e. The molecule has 76 valence electrons. The van der Waals surface area contributed by atoms with Gasteiger partial charge in [-0.1, -0.05) is 18.2 Å². The number of rotatable bonds is 3. The number of aryl methyl sites for hydroxylation is 2. The summed E-state index contributed by atoms with van der Waals surface area (Å²) in [7, 11) is 0. The Morgan fingerprint density at radius 1 is 1.29 bits per heavy atom. The van der Waals surface area contributed by atoms with Crippen LogP contribution in [0.25, 0.3) is 0 Å². The smallest absolute Gasteiger partial charge is 0.0252 e. The van der Waals surface area contributed by atoms with Crippen molar-refractivity contribution in [3.8, 4) is 0 Å². The van der Waals surface area contributed by atoms with Crippen molar-refractivity contribution < 1.29 is 0 Å². The maximum absolute atomic E-state index is 3.60. The zero-order valence-electron chi connectivity index (χ0n) is 8.84. The highest BCUT2D eigenvalue weighted by molar-refractivity contribution is 8.00. The fraction of sp³-hybridized carbons (Fsp3) is 0.500. The normalized spacial score (nSPS) is 16.7. The van der Waals surface area contributed by atoms with E-state index in [4.69, 9.17) is 0 Å². The van der Waals surface area contributed by atoms with Crippen LogP contribution in [0.15, 0.2) is 18.2 Å². The Kier molecular flexibility index (Phi) is 3.14. The summed E-state index contributed by atoms with van der Waals surface area (Å²) in [5, 5.41) is 3.60. The van der Waals surface area contributed by atoms with Crippen LogP contribution in [0.5, 0.6) is 0 Å². The van der Waals surface area contributed by atoms with Gasteiger partial charge in [0, 0.05) is 24.1 Å². The van der Waals surface area contributed by atoms with E-state index in [2.05, 4.69) is 37.4 Å². The largest absolute Gasteiger partial charge is 0.308 e. The second-order valence-electron chi connectivity index (χ2n) is 3.99. The molecule has 1 aromatic rings. The van der Waals surface area contributed by atoms with Crippen LogP contribution in [0.1, 0.15) is 16.7 Å². The van der Waals surface area contributed by atoms with Crippen molar-refractivity contribution in [1.82, 2.24) is 5.32 Å². The first kappa shape index (κ1) is 10.1. The molecule has 2 heteroatoms. The molecule has 1 heterocycles. The number of nitrogens with one attached hydrogen (secondary N) is 1. The predicted octanol–water partition coefficient (Wildman–Crippen LogP) is 2.51. The van der Waals surface area contributed by atoms with Gasteiger partial charge < -0.3 is 5.32 Å². The zero-order valence-corrected chi connectivity index (χ0v) is 9.66. The Balaban J connectivity index is 2.00. The van der Waals surface area contributed by atoms with Crippen molar-refractivity contribution in [3.63, 3.8) is 0 Å². The Morgan fingerprint density at radius 3 is 2.43 bits per heavy atom. The summed E-state index contributed by atoms with van der Waals surface area (Å²) in [5.74, 6) is 2.57. The maximum atomic E-state index is 3.60. The summed E-state index contributed by atoms with van der Waals surface area (Å²) in [4.78, 5) is 0. The average molecular weight is 207 g/mol. The molecule has 0 unspecified atom stereocenters. The van der Waals surface area contributed by atoms with Gasteiger partial charge in [-0.05, 0) is 30.5 Å². The molecule has 0 saturated carbocycles. The van der Waals surface area contributed by atoms with Gasteiger partial charge in [-0.3, -0.25) is 0 Å². The lowest BCUT2D eigenvalue weighted by atomic mass is 10.0. The van der Waals surface area contributed by atoms with Crippen LogP contribution in [0.2, 0.25) is 0 Å². The molecule has 0 amide bonds. The second-order valence-corrected chi connectivity index (χ2v) is 5.06. The van der Waals surface area contributed by atoms with E-state index < -0.39 is 0 Å². The van der Waals surface area contributed by atoms with Crippen molar-refractivity contribution >= 4 is 11.8 Å². The summed E-state index contributed by atoms with van der Waals surface area (Å²) < 4.78 is 0. The number of hydrogen-bond donors (Lipinski definition) is 1. The first-order valence-corrected chi connectivity index (χ1v) is 6.29. The molecule has 0 bridgehead atoms. The summed E-state index contributed by atoms with van der Waals surface area (Å²) in [6, 6.07) is 7.27. The lowest BCUT2D eigenvalue weighted by Crippen LogP contribution is -2.39. The van der Waals surface area contributed by atoms with Gasteiger partial charge in [-0.15, -0.1) is 0 Å². The van der Waals surface area contributed by atoms with Crippen molar-refractivity contribution in [1.29, 1.82) is 0 Å². The van der Waals surface area contributed by atoms with E-state index in [0.717, 1.165) is 12.6 Å². The van der Waals surface area contributed by atoms with Crippen LogP contribution >= 0.6 is 11.8 Å². The number of thioether (sulfide) groups is 1. The molecule has 0 radical (unpaired) electrons. The minimum absolute atomic E-state index is 0.749. The molecule has 0 spiro atoms. The average Bonchev–Trinajstić information content (AvgIpc) is 2.07. The van der Waals surface area contributed by atoms with Crippen LogP contribution in [-0.4, -0.2) is 17.5 Å². The van der Waals surface area contributed by atoms with E-state index in [1.807, 2.05) is 11.8 Å². The first-order valence-electron chi connectivity index (χ1n) is 5.13. The number of benzene rings is 1. The third-order valence-electron chi connectivity index (χ3n) is 2.85. The fourth-order valence-corrected chi connectivity index (χ4v) is 2.43. The van der Waals surface area contributed by atoms with Crippen molar-refractivity contribution in [3.05, 3.63) is 34.9 Å². The van der Waals surface area contributed by atoms with Gasteiger partial charge in [0.2, 0.25) is 0 Å². The van der Waals surface area contributed by atoms with Crippen molar-refractivity contribution in [2.45, 2.75) is 26.4 Å². The molecule has 1 aliphatic heterocycles. The van der Waals surface area contributed by atoms with E-state index >= 15 is 0 Å². The molecular formula is C12H17NS. The molecule has 1 aliphatic rings. The number of hydrogen-bond acceptors (Lipinski definition) is 2. The van der Waals surface area contributed by atoms with Gasteiger partial charge in [0.15, 0.2) is 0 Å². The van der Waals surface area contributed by atoms with Crippen LogP contribution in [0, 0.1) is 13.8 Å². The topological polar surface area (TPSA) is 12.0 Å². The molecule has 0 aliphatic carbocycles. The summed E-state index contributed by atoms with van der Waals surface area (Å²) in [5.41, 5.74) is 4.29. The van der Waals surface area contributed by atoms with E-state index in [1.165, 1.54) is 28.2 Å². The van der Waals surface area contributed by atoms with Gasteiger partial charge in [0.05, 0.1) is 0 Å². The van der Waals surface area contributed by atoms with E-state index in [-0.39, 0.29) is 0 Å². The predicted molar refractivity (Wildman–Crippen MR) is 63.9 cm³/mol. The minimum atomic E-state index is 0.749. The highest BCUT2D eigenvalue weighted by Gasteiger charge is 2.17. The zero-order chi connectivity index (χ0) is 9.97. The Labute approximate surface area is 90.3 Å². The molecule has 0 aromatic heterocycles. The first-order chi connectivity index (χ1) is 6.77. The molecule has 0 atom stereocenters. The van der Waals surface area contributed by atoms with E-state index in [9.17, 15) is 0 Å². The Bertz CT molecular complexity index is 298. The Morgan fingerprint density at radius 2 is 1.93 bits per heavy atom. The minimum Gasteiger partial charge on any atom is -0.308 e. The molecule has 1 saturated heterocycles. The molecule has 2 rings (SSSR count). The molecular weight excluding hydrogens is 190 g/mol. The van der Waals surface area contributed by atoms with Gasteiger partial charge >= 0.3 is 0 Å². The van der Waals surface area contributed by atoms with Crippen molar-refractivity contribution in [2.24, 2.45) is 0 Å². The third kappa shape index (κ3) is 2.12. The highest BCUT2D eigenvalue weighted by Crippen LogP contribution is 2.19. The van der Waals surface area contributed by atoms with Crippen LogP contribution in [-0.2, 0) is 6.54 Å². The summed E-state index contributed by atoms with van der Waals surface area (Å²) in [6.45, 7) is 5.42. The fourth-order valence-electron chi connectivity index (χ4n) is 1.73. The van der Waals surface area contributed by atoms with Crippen LogP contribution < -0.4 is 5.32 Å². The van der Waals surface area contributed by atoms with Crippen LogP contribution in [0.4, 0.5) is 0 Å². The SMILES string of the molecule is Cc1cccc(C)c1CNC1CSC1. The van der Waals surface area contributed by atoms with Crippen molar-refractivity contribution in [2.75, 3.05) is 11.5 Å². The lowest BCUT2D eigenvalue weighted by Gasteiger charge is -2.26. The van der Waals surface area contributed by atoms with Gasteiger partial charge in [-0.25, -0.2) is 0 Å². The third-order valence-corrected chi connectivity index (χ3v) is 4.13. The van der Waals surface area contributed by atoms with E-state index in [0.29, 0.717) is 0 Å². The standard InChI is InChI=1S/C12H17NS/c1-9-4-3-5-10(2)12(9)6-13-11-7-14-8-11/h3-5,11,13H,6-8H2,1-2H3. The molecule has 14 heavy (non-hydrogen) atoms.